The van der Waals surface area contributed by atoms with Crippen LogP contribution in [0.25, 0.3) is 0 Å². The minimum Gasteiger partial charge on any atom is -0.595 e. The van der Waals surface area contributed by atoms with Gasteiger partial charge in [0.05, 0.1) is 25.3 Å². The lowest BCUT2D eigenvalue weighted by molar-refractivity contribution is -0.990. The second kappa shape index (κ2) is 6.79. The van der Waals surface area contributed by atoms with Crippen LogP contribution in [-0.2, 0) is 14.3 Å². The molecular formula is C12H14N2O7. The highest BCUT2D eigenvalue weighted by molar-refractivity contribution is 6.06. The van der Waals surface area contributed by atoms with Gasteiger partial charge in [-0.2, -0.15) is 5.23 Å². The molecule has 1 atom stereocenters. The fourth-order valence-electron chi connectivity index (χ4n) is 1.63. The Hall–Kier alpha value is -2.49. The summed E-state index contributed by atoms with van der Waals surface area (Å²) >= 11 is 0. The van der Waals surface area contributed by atoms with Crippen LogP contribution in [0.2, 0.25) is 0 Å². The first-order valence-corrected chi connectivity index (χ1v) is 5.67. The Morgan fingerprint density at radius 3 is 2.00 bits per heavy atom. The summed E-state index contributed by atoms with van der Waals surface area (Å²) in [5, 5.41) is 21.2. The Morgan fingerprint density at radius 2 is 1.62 bits per heavy atom. The predicted octanol–water partition coefficient (Wildman–Crippen LogP) is -0.378. The minimum absolute atomic E-state index is 0.122. The standard InChI is InChI=1S/C12H14N2O7/c1-6(15)13-9-4-7(11(16)20-2)8(12(17)21-3)5-10(9)14(18)19/h4-5,14,18H,1-3H3,(H,13,15). The van der Waals surface area contributed by atoms with Crippen molar-refractivity contribution in [1.29, 1.82) is 0 Å². The van der Waals surface area contributed by atoms with Crippen molar-refractivity contribution in [3.8, 4) is 0 Å². The Labute approximate surface area is 119 Å². The van der Waals surface area contributed by atoms with Gasteiger partial charge in [-0.25, -0.2) is 14.8 Å². The van der Waals surface area contributed by atoms with Gasteiger partial charge in [0.25, 0.3) is 0 Å². The second-order valence-corrected chi connectivity index (χ2v) is 3.91. The van der Waals surface area contributed by atoms with Crippen LogP contribution >= 0.6 is 0 Å². The van der Waals surface area contributed by atoms with Crippen molar-refractivity contribution < 1.29 is 34.3 Å². The van der Waals surface area contributed by atoms with Gasteiger partial charge >= 0.3 is 11.9 Å². The summed E-state index contributed by atoms with van der Waals surface area (Å²) in [6, 6.07) is 2.01. The number of anilines is 1. The van der Waals surface area contributed by atoms with Crippen LogP contribution in [0, 0.1) is 5.21 Å². The zero-order valence-corrected chi connectivity index (χ0v) is 11.6. The smallest absolute Gasteiger partial charge is 0.338 e. The molecule has 0 aliphatic rings. The van der Waals surface area contributed by atoms with Crippen LogP contribution in [0.4, 0.5) is 11.4 Å². The van der Waals surface area contributed by atoms with Crippen LogP contribution in [0.1, 0.15) is 27.6 Å². The molecule has 1 amide bonds. The van der Waals surface area contributed by atoms with Crippen molar-refractivity contribution in [2.45, 2.75) is 6.92 Å². The number of nitrogens with one attached hydrogen (secondary N) is 2. The molecule has 3 N–H and O–H groups in total. The molecule has 0 spiro atoms. The van der Waals surface area contributed by atoms with E-state index in [0.717, 1.165) is 26.4 Å². The fraction of sp³-hybridized carbons (Fsp3) is 0.250. The Balaban J connectivity index is 3.56. The lowest BCUT2D eigenvalue weighted by atomic mass is 10.0. The maximum Gasteiger partial charge on any atom is 0.338 e. The second-order valence-electron chi connectivity index (χ2n) is 3.91. The van der Waals surface area contributed by atoms with Gasteiger partial charge in [0.15, 0.2) is 5.69 Å². The van der Waals surface area contributed by atoms with Crippen molar-refractivity contribution >= 4 is 29.2 Å². The van der Waals surface area contributed by atoms with E-state index in [1.54, 1.807) is 0 Å². The molecule has 0 bridgehead atoms. The lowest BCUT2D eigenvalue weighted by Gasteiger charge is -2.18. The van der Waals surface area contributed by atoms with E-state index in [4.69, 9.17) is 5.21 Å². The van der Waals surface area contributed by atoms with Crippen molar-refractivity contribution in [2.75, 3.05) is 19.5 Å². The van der Waals surface area contributed by atoms with Gasteiger partial charge in [0.1, 0.15) is 5.69 Å². The third kappa shape index (κ3) is 3.75. The predicted molar refractivity (Wildman–Crippen MR) is 69.2 cm³/mol. The first-order chi connectivity index (χ1) is 9.81. The van der Waals surface area contributed by atoms with E-state index in [0.29, 0.717) is 0 Å². The van der Waals surface area contributed by atoms with E-state index in [1.165, 1.54) is 6.92 Å². The van der Waals surface area contributed by atoms with Crippen LogP contribution in [0.3, 0.4) is 0 Å². The number of hydrogen-bond donors (Lipinski definition) is 3. The highest BCUT2D eigenvalue weighted by Gasteiger charge is 2.24. The van der Waals surface area contributed by atoms with E-state index in [-0.39, 0.29) is 22.5 Å². The molecule has 0 aliphatic heterocycles. The third-order valence-electron chi connectivity index (χ3n) is 2.51. The molecule has 1 rings (SSSR count). The minimum atomic E-state index is -1.37. The maximum atomic E-state index is 11.7. The Kier molecular flexibility index (Phi) is 5.36. The van der Waals surface area contributed by atoms with Gasteiger partial charge in [0.2, 0.25) is 5.91 Å². The topological polar surface area (TPSA) is 129 Å². The molecule has 0 fully saturated rings. The molecule has 114 valence electrons. The normalized spacial score (nSPS) is 11.5. The van der Waals surface area contributed by atoms with Gasteiger partial charge < -0.3 is 20.0 Å². The summed E-state index contributed by atoms with van der Waals surface area (Å²) in [4.78, 5) is 34.4. The van der Waals surface area contributed by atoms with Crippen molar-refractivity contribution in [2.24, 2.45) is 0 Å². The van der Waals surface area contributed by atoms with E-state index in [1.807, 2.05) is 0 Å². The highest BCUT2D eigenvalue weighted by Crippen LogP contribution is 2.25. The summed E-state index contributed by atoms with van der Waals surface area (Å²) in [7, 11) is 2.19. The van der Waals surface area contributed by atoms with Crippen molar-refractivity contribution in [3.05, 3.63) is 28.5 Å². The fourth-order valence-corrected chi connectivity index (χ4v) is 1.63. The molecule has 9 nitrogen and oxygen atoms in total. The SMILES string of the molecule is COC(=O)c1cc(NC(C)=O)c([NH+]([O-])O)cc1C(=O)OC. The number of carbonyl (C=O) groups is 3. The zero-order valence-electron chi connectivity index (χ0n) is 11.6. The molecule has 0 radical (unpaired) electrons. The first kappa shape index (κ1) is 16.6. The lowest BCUT2D eigenvalue weighted by Crippen LogP contribution is -2.99. The largest absolute Gasteiger partial charge is 0.595 e. The molecule has 1 aromatic rings. The van der Waals surface area contributed by atoms with Crippen molar-refractivity contribution in [1.82, 2.24) is 0 Å². The molecule has 0 aliphatic carbocycles. The van der Waals surface area contributed by atoms with E-state index < -0.39 is 23.1 Å². The van der Waals surface area contributed by atoms with Crippen molar-refractivity contribution in [3.63, 3.8) is 0 Å². The maximum absolute atomic E-state index is 11.7. The summed E-state index contributed by atoms with van der Waals surface area (Å²) in [5.74, 6) is -2.29. The Bertz CT molecular complexity index is 583. The number of ether oxygens (including phenoxy) is 2. The number of quaternary nitrogens is 1. The molecule has 1 aromatic carbocycles. The van der Waals surface area contributed by atoms with Gasteiger partial charge in [0, 0.05) is 13.0 Å². The quantitative estimate of drug-likeness (QED) is 0.510. The van der Waals surface area contributed by atoms with E-state index in [9.17, 15) is 19.6 Å². The zero-order chi connectivity index (χ0) is 16.2. The summed E-state index contributed by atoms with van der Waals surface area (Å²) < 4.78 is 9.03. The van der Waals surface area contributed by atoms with Gasteiger partial charge in [-0.3, -0.25) is 4.79 Å². The number of carbonyl (C=O) groups excluding carboxylic acids is 3. The Morgan fingerprint density at radius 1 is 1.14 bits per heavy atom. The molecule has 0 saturated heterocycles. The summed E-state index contributed by atoms with van der Waals surface area (Å²) in [5.41, 5.74) is -0.949. The number of amides is 1. The monoisotopic (exact) mass is 298 g/mol. The van der Waals surface area contributed by atoms with Gasteiger partial charge in [-0.15, -0.1) is 0 Å². The van der Waals surface area contributed by atoms with Crippen LogP contribution in [0.15, 0.2) is 12.1 Å². The molecule has 9 heteroatoms. The van der Waals surface area contributed by atoms with E-state index >= 15 is 0 Å². The van der Waals surface area contributed by atoms with Gasteiger partial charge in [-0.05, 0) is 6.07 Å². The van der Waals surface area contributed by atoms with Gasteiger partial charge in [-0.1, -0.05) is 0 Å². The van der Waals surface area contributed by atoms with E-state index in [2.05, 4.69) is 14.8 Å². The number of hydrogen-bond acceptors (Lipinski definition) is 7. The molecule has 0 heterocycles. The molecule has 21 heavy (non-hydrogen) atoms. The molecule has 1 unspecified atom stereocenters. The third-order valence-corrected chi connectivity index (χ3v) is 2.51. The number of benzene rings is 1. The molecule has 0 saturated carbocycles. The summed E-state index contributed by atoms with van der Waals surface area (Å²) in [6.07, 6.45) is 0. The molecular weight excluding hydrogens is 284 g/mol. The number of methoxy groups -OCH3 is 2. The van der Waals surface area contributed by atoms with Crippen LogP contribution in [-0.4, -0.2) is 37.3 Å². The first-order valence-electron chi connectivity index (χ1n) is 5.67. The highest BCUT2D eigenvalue weighted by atomic mass is 16.8. The molecule has 0 aromatic heterocycles. The number of rotatable bonds is 4. The van der Waals surface area contributed by atoms with Crippen LogP contribution < -0.4 is 10.5 Å². The average molecular weight is 298 g/mol. The number of esters is 2. The summed E-state index contributed by atoms with van der Waals surface area (Å²) in [6.45, 7) is 1.18. The average Bonchev–Trinajstić information content (AvgIpc) is 2.44. The van der Waals surface area contributed by atoms with Crippen LogP contribution in [0.5, 0.6) is 0 Å².